The Balaban J connectivity index is 0.00000324. The van der Waals surface area contributed by atoms with Crippen LogP contribution in [-0.4, -0.2) is 31.2 Å². The second-order valence-electron chi connectivity index (χ2n) is 5.73. The minimum Gasteiger partial charge on any atom is -1.00 e. The molecule has 1 aromatic carbocycles. The first-order valence-electron chi connectivity index (χ1n) is 7.57. The Morgan fingerprint density at radius 3 is 1.95 bits per heavy atom. The lowest BCUT2D eigenvalue weighted by Gasteiger charge is -2.34. The van der Waals surface area contributed by atoms with Gasteiger partial charge in [0.15, 0.2) is 0 Å². The summed E-state index contributed by atoms with van der Waals surface area (Å²) in [6.07, 6.45) is 6.51. The number of halogens is 1. The van der Waals surface area contributed by atoms with Crippen LogP contribution in [0.2, 0.25) is 0 Å². The SMILES string of the molecule is CCC[N+](C)(CCC)CCCCc1ccccc1.[Br-]. The zero-order chi connectivity index (χ0) is 13.3. The van der Waals surface area contributed by atoms with Crippen LogP contribution in [0.1, 0.15) is 45.1 Å². The number of unbranched alkanes of at least 4 members (excludes halogenated alkanes) is 1. The average molecular weight is 328 g/mol. The van der Waals surface area contributed by atoms with Crippen molar-refractivity contribution in [2.75, 3.05) is 26.7 Å². The van der Waals surface area contributed by atoms with E-state index >= 15 is 0 Å². The normalized spacial score (nSPS) is 11.1. The number of aryl methyl sites for hydroxylation is 1. The molecule has 2 heteroatoms. The zero-order valence-electron chi connectivity index (χ0n) is 12.9. The summed E-state index contributed by atoms with van der Waals surface area (Å²) in [6.45, 7) is 8.61. The third-order valence-corrected chi connectivity index (χ3v) is 3.78. The molecule has 0 N–H and O–H groups in total. The molecule has 0 amide bonds. The summed E-state index contributed by atoms with van der Waals surface area (Å²) < 4.78 is 1.27. The van der Waals surface area contributed by atoms with Gasteiger partial charge in [0.25, 0.3) is 0 Å². The third kappa shape index (κ3) is 7.74. The molecule has 19 heavy (non-hydrogen) atoms. The molecule has 0 saturated carbocycles. The van der Waals surface area contributed by atoms with Gasteiger partial charge in [0.05, 0.1) is 26.7 Å². The second-order valence-corrected chi connectivity index (χ2v) is 5.73. The first-order valence-corrected chi connectivity index (χ1v) is 7.57. The van der Waals surface area contributed by atoms with Gasteiger partial charge in [0.2, 0.25) is 0 Å². The molecule has 0 aliphatic rings. The van der Waals surface area contributed by atoms with Crippen LogP contribution >= 0.6 is 0 Å². The van der Waals surface area contributed by atoms with E-state index in [9.17, 15) is 0 Å². The Bertz CT molecular complexity index is 304. The summed E-state index contributed by atoms with van der Waals surface area (Å²) in [6, 6.07) is 10.9. The van der Waals surface area contributed by atoms with Crippen LogP contribution in [0.25, 0.3) is 0 Å². The van der Waals surface area contributed by atoms with E-state index in [1.165, 1.54) is 61.8 Å². The molecule has 110 valence electrons. The molecule has 0 aliphatic carbocycles. The van der Waals surface area contributed by atoms with Crippen molar-refractivity contribution in [1.82, 2.24) is 0 Å². The molecule has 1 nitrogen and oxygen atoms in total. The molecule has 0 aromatic heterocycles. The molecule has 0 bridgehead atoms. The lowest BCUT2D eigenvalue weighted by Crippen LogP contribution is -3.00. The number of benzene rings is 1. The van der Waals surface area contributed by atoms with Crippen LogP contribution in [0.3, 0.4) is 0 Å². The number of hydrogen-bond donors (Lipinski definition) is 0. The predicted molar refractivity (Wildman–Crippen MR) is 80.7 cm³/mol. The Hall–Kier alpha value is -0.340. The van der Waals surface area contributed by atoms with Gasteiger partial charge in [-0.1, -0.05) is 44.2 Å². The fourth-order valence-electron chi connectivity index (χ4n) is 2.88. The zero-order valence-corrected chi connectivity index (χ0v) is 14.5. The lowest BCUT2D eigenvalue weighted by atomic mass is 10.1. The monoisotopic (exact) mass is 327 g/mol. The minimum absolute atomic E-state index is 0. The second kappa shape index (κ2) is 10.4. The van der Waals surface area contributed by atoms with Gasteiger partial charge in [0.1, 0.15) is 0 Å². The van der Waals surface area contributed by atoms with E-state index in [2.05, 4.69) is 51.2 Å². The van der Waals surface area contributed by atoms with E-state index < -0.39 is 0 Å². The maximum atomic E-state index is 2.43. The predicted octanol–water partition coefficient (Wildman–Crippen LogP) is 1.28. The first kappa shape index (κ1) is 18.7. The molecule has 0 unspecified atom stereocenters. The maximum absolute atomic E-state index is 2.43. The summed E-state index contributed by atoms with van der Waals surface area (Å²) in [7, 11) is 2.43. The summed E-state index contributed by atoms with van der Waals surface area (Å²) in [5, 5.41) is 0. The van der Waals surface area contributed by atoms with Crippen molar-refractivity contribution in [3.63, 3.8) is 0 Å². The van der Waals surface area contributed by atoms with Crippen LogP contribution in [0.5, 0.6) is 0 Å². The highest BCUT2D eigenvalue weighted by atomic mass is 79.9. The van der Waals surface area contributed by atoms with Gasteiger partial charge in [-0.25, -0.2) is 0 Å². The van der Waals surface area contributed by atoms with Crippen LogP contribution in [0, 0.1) is 0 Å². The van der Waals surface area contributed by atoms with Gasteiger partial charge in [0, 0.05) is 0 Å². The first-order chi connectivity index (χ1) is 8.70. The Kier molecular flexibility index (Phi) is 10.3. The van der Waals surface area contributed by atoms with E-state index in [4.69, 9.17) is 0 Å². The van der Waals surface area contributed by atoms with Gasteiger partial charge < -0.3 is 21.5 Å². The highest BCUT2D eigenvalue weighted by Crippen LogP contribution is 2.11. The molecular weight excluding hydrogens is 298 g/mol. The summed E-state index contributed by atoms with van der Waals surface area (Å²) in [5.41, 5.74) is 1.48. The van der Waals surface area contributed by atoms with Gasteiger partial charge in [-0.2, -0.15) is 0 Å². The summed E-state index contributed by atoms with van der Waals surface area (Å²) in [4.78, 5) is 0. The van der Waals surface area contributed by atoms with E-state index in [0.717, 1.165) is 0 Å². The van der Waals surface area contributed by atoms with E-state index in [1.54, 1.807) is 0 Å². The third-order valence-electron chi connectivity index (χ3n) is 3.78. The smallest absolute Gasteiger partial charge is 0.0784 e. The van der Waals surface area contributed by atoms with Crippen molar-refractivity contribution in [3.8, 4) is 0 Å². The van der Waals surface area contributed by atoms with Crippen LogP contribution in [0.4, 0.5) is 0 Å². The van der Waals surface area contributed by atoms with Gasteiger partial charge in [-0.15, -0.1) is 0 Å². The Morgan fingerprint density at radius 1 is 0.842 bits per heavy atom. The quantitative estimate of drug-likeness (QED) is 0.473. The molecule has 0 heterocycles. The van der Waals surface area contributed by atoms with Crippen molar-refractivity contribution in [1.29, 1.82) is 0 Å². The summed E-state index contributed by atoms with van der Waals surface area (Å²) in [5.74, 6) is 0. The number of quaternary nitrogens is 1. The van der Waals surface area contributed by atoms with E-state index in [1.807, 2.05) is 0 Å². The standard InChI is InChI=1S/C17H30N.BrH/c1-4-14-18(3,15-5-2)16-10-9-13-17-11-7-6-8-12-17;/h6-8,11-12H,4-5,9-10,13-16H2,1-3H3;1H/q+1;/p-1. The van der Waals surface area contributed by atoms with Crippen molar-refractivity contribution < 1.29 is 21.5 Å². The molecule has 1 aromatic rings. The highest BCUT2D eigenvalue weighted by Gasteiger charge is 2.18. The van der Waals surface area contributed by atoms with E-state index in [0.29, 0.717) is 0 Å². The molecule has 0 aliphatic heterocycles. The van der Waals surface area contributed by atoms with Gasteiger partial charge in [-0.3, -0.25) is 0 Å². The van der Waals surface area contributed by atoms with Crippen LogP contribution in [0.15, 0.2) is 30.3 Å². The molecule has 0 spiro atoms. The molecule has 0 fully saturated rings. The summed E-state index contributed by atoms with van der Waals surface area (Å²) >= 11 is 0. The number of rotatable bonds is 9. The number of hydrogen-bond acceptors (Lipinski definition) is 0. The lowest BCUT2D eigenvalue weighted by molar-refractivity contribution is -0.909. The highest BCUT2D eigenvalue weighted by molar-refractivity contribution is 5.14. The van der Waals surface area contributed by atoms with Gasteiger partial charge >= 0.3 is 0 Å². The largest absolute Gasteiger partial charge is 1.00 e. The molecule has 0 atom stereocenters. The fraction of sp³-hybridized carbons (Fsp3) is 0.647. The average Bonchev–Trinajstić information content (AvgIpc) is 2.37. The molecule has 0 radical (unpaired) electrons. The van der Waals surface area contributed by atoms with Crippen LogP contribution < -0.4 is 17.0 Å². The topological polar surface area (TPSA) is 0 Å². The molecular formula is C17H30BrN. The van der Waals surface area contributed by atoms with Crippen molar-refractivity contribution in [3.05, 3.63) is 35.9 Å². The van der Waals surface area contributed by atoms with Crippen molar-refractivity contribution >= 4 is 0 Å². The Labute approximate surface area is 130 Å². The Morgan fingerprint density at radius 2 is 1.42 bits per heavy atom. The fourth-order valence-corrected chi connectivity index (χ4v) is 2.88. The minimum atomic E-state index is 0. The number of nitrogens with zero attached hydrogens (tertiary/aromatic N) is 1. The van der Waals surface area contributed by atoms with Gasteiger partial charge in [-0.05, 0) is 37.7 Å². The van der Waals surface area contributed by atoms with Crippen molar-refractivity contribution in [2.24, 2.45) is 0 Å². The van der Waals surface area contributed by atoms with Crippen LogP contribution in [-0.2, 0) is 6.42 Å². The van der Waals surface area contributed by atoms with E-state index in [-0.39, 0.29) is 17.0 Å². The maximum Gasteiger partial charge on any atom is 0.0784 e. The van der Waals surface area contributed by atoms with Crippen molar-refractivity contribution in [2.45, 2.75) is 46.0 Å². The molecule has 0 saturated heterocycles. The molecule has 1 rings (SSSR count).